The molecule has 4 heteroatoms. The number of carbonyl (C=O) groups is 2. The molecule has 0 saturated heterocycles. The van der Waals surface area contributed by atoms with Crippen molar-refractivity contribution in [2.45, 2.75) is 6.92 Å². The Morgan fingerprint density at radius 3 is 1.86 bits per heavy atom. The first-order chi connectivity index (χ1) is 17.0. The lowest BCUT2D eigenvalue weighted by atomic mass is 9.95. The summed E-state index contributed by atoms with van der Waals surface area (Å²) in [4.78, 5) is 30.5. The summed E-state index contributed by atoms with van der Waals surface area (Å²) in [5, 5.41) is 2.09. The summed E-state index contributed by atoms with van der Waals surface area (Å²) in [6.07, 6.45) is 0. The first-order valence-corrected chi connectivity index (χ1v) is 11.7. The van der Waals surface area contributed by atoms with E-state index in [9.17, 15) is 9.59 Å². The van der Waals surface area contributed by atoms with E-state index in [1.54, 1.807) is 23.9 Å². The number of fused-ring (bicyclic) bond motifs is 2. The highest BCUT2D eigenvalue weighted by Crippen LogP contribution is 2.47. The molecule has 0 atom stereocenters. The first kappa shape index (κ1) is 21.1. The van der Waals surface area contributed by atoms with Gasteiger partial charge in [-0.2, -0.15) is 0 Å². The first-order valence-electron chi connectivity index (χ1n) is 11.7. The van der Waals surface area contributed by atoms with Crippen LogP contribution in [0.2, 0.25) is 0 Å². The van der Waals surface area contributed by atoms with Crippen LogP contribution >= 0.6 is 0 Å². The Morgan fingerprint density at radius 1 is 0.571 bits per heavy atom. The maximum atomic E-state index is 13.6. The molecule has 170 valence electrons. The van der Waals surface area contributed by atoms with Gasteiger partial charge in [-0.25, -0.2) is 0 Å². The van der Waals surface area contributed by atoms with E-state index in [1.165, 1.54) is 0 Å². The average Bonchev–Trinajstić information content (AvgIpc) is 3.29. The maximum absolute atomic E-state index is 13.6. The van der Waals surface area contributed by atoms with Gasteiger partial charge in [0.25, 0.3) is 11.8 Å². The minimum Gasteiger partial charge on any atom is -0.310 e. The van der Waals surface area contributed by atoms with Crippen molar-refractivity contribution in [2.75, 3.05) is 14.1 Å². The minimum atomic E-state index is -0.151. The van der Waals surface area contributed by atoms with Crippen LogP contribution in [-0.2, 0) is 9.59 Å². The Bertz CT molecular complexity index is 1610. The molecule has 4 aromatic rings. The van der Waals surface area contributed by atoms with E-state index in [-0.39, 0.29) is 11.8 Å². The van der Waals surface area contributed by atoms with Crippen molar-refractivity contribution in [1.82, 2.24) is 9.80 Å². The van der Waals surface area contributed by atoms with Crippen LogP contribution in [0.1, 0.15) is 16.7 Å². The summed E-state index contributed by atoms with van der Waals surface area (Å²) in [5.74, 6) is -0.302. The van der Waals surface area contributed by atoms with Crippen LogP contribution in [0.5, 0.6) is 0 Å². The third-order valence-electron chi connectivity index (χ3n) is 7.06. The molecule has 35 heavy (non-hydrogen) atoms. The second-order valence-electron chi connectivity index (χ2n) is 9.10. The number of aryl methyl sites for hydroxylation is 1. The van der Waals surface area contributed by atoms with Crippen molar-refractivity contribution in [3.05, 3.63) is 119 Å². The van der Waals surface area contributed by atoms with Gasteiger partial charge >= 0.3 is 0 Å². The van der Waals surface area contributed by atoms with Gasteiger partial charge in [-0.1, -0.05) is 91.0 Å². The standard InChI is InChI=1S/C31H24N2O2/c1-19-18-22(20-10-5-4-6-11-20)16-17-23(19)28-26-27(31(35)32(28)2)29(33(3)30(26)34)25-15-9-13-21-12-7-8-14-24(21)25/h4-18H,1-3H3. The van der Waals surface area contributed by atoms with Gasteiger partial charge < -0.3 is 9.80 Å². The third kappa shape index (κ3) is 3.07. The number of likely N-dealkylation sites (N-methyl/N-ethyl adjacent to an activating group) is 2. The number of nitrogens with zero attached hydrogens (tertiary/aromatic N) is 2. The van der Waals surface area contributed by atoms with Crippen LogP contribution < -0.4 is 0 Å². The summed E-state index contributed by atoms with van der Waals surface area (Å²) in [6.45, 7) is 2.03. The zero-order valence-electron chi connectivity index (χ0n) is 19.9. The Hall–Kier alpha value is -4.44. The van der Waals surface area contributed by atoms with E-state index < -0.39 is 0 Å². The van der Waals surface area contributed by atoms with Crippen LogP contribution in [0.15, 0.2) is 102 Å². The Morgan fingerprint density at radius 2 is 1.17 bits per heavy atom. The molecule has 0 aliphatic carbocycles. The predicted molar refractivity (Wildman–Crippen MR) is 140 cm³/mol. The Labute approximate surface area is 204 Å². The fraction of sp³-hybridized carbons (Fsp3) is 0.0968. The lowest BCUT2D eigenvalue weighted by Gasteiger charge is -2.21. The number of amides is 2. The Balaban J connectivity index is 1.57. The summed E-state index contributed by atoms with van der Waals surface area (Å²) < 4.78 is 0. The number of carbonyl (C=O) groups excluding carboxylic acids is 2. The highest BCUT2D eigenvalue weighted by atomic mass is 16.2. The molecule has 2 aliphatic rings. The van der Waals surface area contributed by atoms with Gasteiger partial charge in [-0.15, -0.1) is 0 Å². The van der Waals surface area contributed by atoms with Crippen LogP contribution in [0.25, 0.3) is 33.3 Å². The molecule has 0 spiro atoms. The number of hydrogen-bond acceptors (Lipinski definition) is 2. The molecule has 0 N–H and O–H groups in total. The normalized spacial score (nSPS) is 15.6. The zero-order chi connectivity index (χ0) is 24.3. The van der Waals surface area contributed by atoms with E-state index in [0.29, 0.717) is 22.5 Å². The number of benzene rings is 4. The van der Waals surface area contributed by atoms with Gasteiger partial charge in [0.2, 0.25) is 0 Å². The third-order valence-corrected chi connectivity index (χ3v) is 7.06. The summed E-state index contributed by atoms with van der Waals surface area (Å²) in [5.41, 5.74) is 7.36. The second-order valence-corrected chi connectivity index (χ2v) is 9.10. The van der Waals surface area contributed by atoms with Crippen molar-refractivity contribution in [2.24, 2.45) is 0 Å². The zero-order valence-corrected chi connectivity index (χ0v) is 19.9. The van der Waals surface area contributed by atoms with Gasteiger partial charge in [0, 0.05) is 25.2 Å². The molecule has 4 nitrogen and oxygen atoms in total. The minimum absolute atomic E-state index is 0.151. The molecule has 4 aromatic carbocycles. The number of rotatable bonds is 3. The van der Waals surface area contributed by atoms with Gasteiger partial charge in [-0.05, 0) is 34.4 Å². The molecule has 6 rings (SSSR count). The molecular weight excluding hydrogens is 432 g/mol. The molecule has 0 bridgehead atoms. The quantitative estimate of drug-likeness (QED) is 0.386. The molecule has 2 aliphatic heterocycles. The molecule has 0 radical (unpaired) electrons. The van der Waals surface area contributed by atoms with Gasteiger partial charge in [-0.3, -0.25) is 9.59 Å². The average molecular weight is 457 g/mol. The molecule has 2 heterocycles. The van der Waals surface area contributed by atoms with Crippen molar-refractivity contribution < 1.29 is 9.59 Å². The molecule has 0 aromatic heterocycles. The molecule has 0 unspecified atom stereocenters. The van der Waals surface area contributed by atoms with E-state index in [2.05, 4.69) is 24.3 Å². The van der Waals surface area contributed by atoms with Crippen LogP contribution in [0.4, 0.5) is 0 Å². The Kier molecular flexibility index (Phi) is 4.71. The highest BCUT2D eigenvalue weighted by Gasteiger charge is 2.47. The fourth-order valence-electron chi connectivity index (χ4n) is 5.33. The van der Waals surface area contributed by atoms with Crippen molar-refractivity contribution in [1.29, 1.82) is 0 Å². The number of hydrogen-bond donors (Lipinski definition) is 0. The fourth-order valence-corrected chi connectivity index (χ4v) is 5.33. The highest BCUT2D eigenvalue weighted by molar-refractivity contribution is 6.30. The van der Waals surface area contributed by atoms with E-state index in [0.717, 1.165) is 38.6 Å². The largest absolute Gasteiger partial charge is 0.310 e. The van der Waals surface area contributed by atoms with Crippen LogP contribution in [0.3, 0.4) is 0 Å². The van der Waals surface area contributed by atoms with E-state index >= 15 is 0 Å². The topological polar surface area (TPSA) is 40.6 Å². The van der Waals surface area contributed by atoms with E-state index in [4.69, 9.17) is 0 Å². The van der Waals surface area contributed by atoms with Gasteiger partial charge in [0.1, 0.15) is 0 Å². The molecule has 0 saturated carbocycles. The monoisotopic (exact) mass is 456 g/mol. The smallest absolute Gasteiger partial charge is 0.261 e. The van der Waals surface area contributed by atoms with E-state index in [1.807, 2.05) is 73.7 Å². The summed E-state index contributed by atoms with van der Waals surface area (Å²) in [7, 11) is 3.52. The van der Waals surface area contributed by atoms with Crippen LogP contribution in [-0.4, -0.2) is 35.7 Å². The SMILES string of the molecule is Cc1cc(-c2ccccc2)ccc1C1=C2C(=O)N(C)C(c3cccc4ccccc34)=C2C(=O)N1C. The van der Waals surface area contributed by atoms with Crippen molar-refractivity contribution in [3.63, 3.8) is 0 Å². The maximum Gasteiger partial charge on any atom is 0.261 e. The van der Waals surface area contributed by atoms with Gasteiger partial charge in [0.05, 0.1) is 22.5 Å². The molecular formula is C31H24N2O2. The van der Waals surface area contributed by atoms with Crippen molar-refractivity contribution >= 4 is 34.0 Å². The predicted octanol–water partition coefficient (Wildman–Crippen LogP) is 5.88. The lowest BCUT2D eigenvalue weighted by molar-refractivity contribution is -0.123. The van der Waals surface area contributed by atoms with Gasteiger partial charge in [0.15, 0.2) is 0 Å². The van der Waals surface area contributed by atoms with Crippen molar-refractivity contribution in [3.8, 4) is 11.1 Å². The second kappa shape index (κ2) is 7.81. The van der Waals surface area contributed by atoms with Crippen LogP contribution in [0, 0.1) is 6.92 Å². The lowest BCUT2D eigenvalue weighted by Crippen LogP contribution is -2.25. The summed E-state index contributed by atoms with van der Waals surface area (Å²) in [6, 6.07) is 30.5. The molecule has 2 amide bonds. The summed E-state index contributed by atoms with van der Waals surface area (Å²) >= 11 is 0. The molecule has 0 fully saturated rings.